The lowest BCUT2D eigenvalue weighted by Gasteiger charge is -2.25. The van der Waals surface area contributed by atoms with Crippen molar-refractivity contribution in [1.29, 1.82) is 0 Å². The second-order valence-corrected chi connectivity index (χ2v) is 7.27. The van der Waals surface area contributed by atoms with Gasteiger partial charge in [-0.15, -0.1) is 0 Å². The van der Waals surface area contributed by atoms with Gasteiger partial charge in [0.2, 0.25) is 5.91 Å². The predicted molar refractivity (Wildman–Crippen MR) is 104 cm³/mol. The molecule has 0 spiro atoms. The lowest BCUT2D eigenvalue weighted by molar-refractivity contribution is -0.121. The number of likely N-dealkylation sites (N-methyl/N-ethyl adjacent to an activating group) is 1. The summed E-state index contributed by atoms with van der Waals surface area (Å²) >= 11 is 0. The number of anilines is 1. The van der Waals surface area contributed by atoms with E-state index in [4.69, 9.17) is 4.74 Å². The van der Waals surface area contributed by atoms with Crippen molar-refractivity contribution < 1.29 is 9.53 Å². The topological polar surface area (TPSA) is 57.2 Å². The first-order chi connectivity index (χ1) is 12.5. The Morgan fingerprint density at radius 1 is 1.31 bits per heavy atom. The zero-order valence-electron chi connectivity index (χ0n) is 15.9. The van der Waals surface area contributed by atoms with E-state index in [2.05, 4.69) is 65.5 Å². The first-order valence-corrected chi connectivity index (χ1v) is 9.16. The minimum absolute atomic E-state index is 0.0616. The van der Waals surface area contributed by atoms with Crippen LogP contribution in [0, 0.1) is 0 Å². The van der Waals surface area contributed by atoms with E-state index in [1.807, 2.05) is 6.08 Å². The van der Waals surface area contributed by atoms with Crippen molar-refractivity contribution in [2.45, 2.75) is 25.7 Å². The van der Waals surface area contributed by atoms with Crippen LogP contribution in [0.5, 0.6) is 0 Å². The summed E-state index contributed by atoms with van der Waals surface area (Å²) in [5, 5.41) is 4.09. The van der Waals surface area contributed by atoms with Crippen molar-refractivity contribution in [1.82, 2.24) is 10.3 Å². The molecule has 0 atom stereocenters. The molecule has 1 saturated heterocycles. The molecule has 0 bridgehead atoms. The Morgan fingerprint density at radius 2 is 2.04 bits per heavy atom. The fourth-order valence-corrected chi connectivity index (χ4v) is 3.66. The van der Waals surface area contributed by atoms with Gasteiger partial charge < -0.3 is 9.64 Å². The van der Waals surface area contributed by atoms with Crippen LogP contribution < -0.4 is 10.3 Å². The number of nitrogens with one attached hydrogen (secondary N) is 1. The number of carbonyl (C=O) groups excluding carboxylic acids is 1. The van der Waals surface area contributed by atoms with Crippen LogP contribution in [0.4, 0.5) is 5.69 Å². The van der Waals surface area contributed by atoms with E-state index in [0.29, 0.717) is 6.42 Å². The van der Waals surface area contributed by atoms with Crippen molar-refractivity contribution in [2.24, 2.45) is 5.10 Å². The van der Waals surface area contributed by atoms with Gasteiger partial charge in [-0.05, 0) is 17.7 Å². The molecule has 1 amide bonds. The SMILES string of the molecule is CN1/C(=C\C=N/NC(=O)CCN2CCOCC2)C(C)(C)c2ccccc21. The number of ether oxygens (including phenoxy) is 1. The van der Waals surface area contributed by atoms with Gasteiger partial charge in [0, 0.05) is 56.1 Å². The van der Waals surface area contributed by atoms with Crippen molar-refractivity contribution >= 4 is 17.8 Å². The molecule has 6 heteroatoms. The van der Waals surface area contributed by atoms with E-state index in [0.717, 1.165) is 38.5 Å². The monoisotopic (exact) mass is 356 g/mol. The van der Waals surface area contributed by atoms with Crippen LogP contribution in [-0.4, -0.2) is 56.9 Å². The lowest BCUT2D eigenvalue weighted by atomic mass is 9.84. The van der Waals surface area contributed by atoms with Crippen LogP contribution in [-0.2, 0) is 14.9 Å². The molecule has 0 unspecified atom stereocenters. The van der Waals surface area contributed by atoms with Gasteiger partial charge >= 0.3 is 0 Å². The van der Waals surface area contributed by atoms with Gasteiger partial charge in [0.1, 0.15) is 0 Å². The number of rotatable bonds is 5. The van der Waals surface area contributed by atoms with E-state index in [1.54, 1.807) is 6.21 Å². The summed E-state index contributed by atoms with van der Waals surface area (Å²) < 4.78 is 5.31. The maximum atomic E-state index is 11.9. The average Bonchev–Trinajstić information content (AvgIpc) is 2.85. The molecule has 2 aliphatic rings. The van der Waals surface area contributed by atoms with E-state index in [-0.39, 0.29) is 11.3 Å². The van der Waals surface area contributed by atoms with Crippen molar-refractivity contribution in [3.8, 4) is 0 Å². The fraction of sp³-hybridized carbons (Fsp3) is 0.500. The Morgan fingerprint density at radius 3 is 2.77 bits per heavy atom. The maximum Gasteiger partial charge on any atom is 0.241 e. The molecule has 0 saturated carbocycles. The summed E-state index contributed by atoms with van der Waals surface area (Å²) in [6, 6.07) is 8.41. The number of hydrazone groups is 1. The highest BCUT2D eigenvalue weighted by molar-refractivity contribution is 5.81. The van der Waals surface area contributed by atoms with E-state index in [1.165, 1.54) is 11.3 Å². The Balaban J connectivity index is 1.53. The number of allylic oxidation sites excluding steroid dienone is 2. The first-order valence-electron chi connectivity index (χ1n) is 9.16. The van der Waals surface area contributed by atoms with Crippen LogP contribution in [0.1, 0.15) is 25.8 Å². The van der Waals surface area contributed by atoms with Gasteiger partial charge in [0.15, 0.2) is 0 Å². The number of para-hydroxylation sites is 1. The average molecular weight is 356 g/mol. The normalized spacial score (nSPS) is 21.3. The second kappa shape index (κ2) is 8.01. The van der Waals surface area contributed by atoms with Gasteiger partial charge in [-0.3, -0.25) is 9.69 Å². The molecule has 26 heavy (non-hydrogen) atoms. The molecule has 1 aromatic carbocycles. The van der Waals surface area contributed by atoms with Gasteiger partial charge in [0.05, 0.1) is 13.2 Å². The Hall–Kier alpha value is -2.18. The highest BCUT2D eigenvalue weighted by Gasteiger charge is 2.37. The molecule has 140 valence electrons. The summed E-state index contributed by atoms with van der Waals surface area (Å²) in [5.74, 6) is -0.0616. The quantitative estimate of drug-likeness (QED) is 0.649. The summed E-state index contributed by atoms with van der Waals surface area (Å²) in [6.07, 6.45) is 4.10. The molecule has 1 fully saturated rings. The molecule has 0 aliphatic carbocycles. The second-order valence-electron chi connectivity index (χ2n) is 7.27. The molecular formula is C20H28N4O2. The summed E-state index contributed by atoms with van der Waals surface area (Å²) in [5.41, 5.74) is 6.21. The third kappa shape index (κ3) is 3.97. The predicted octanol–water partition coefficient (Wildman–Crippen LogP) is 2.12. The number of benzene rings is 1. The molecule has 1 aromatic rings. The molecule has 2 heterocycles. The van der Waals surface area contributed by atoms with Gasteiger partial charge in [-0.1, -0.05) is 32.0 Å². The van der Waals surface area contributed by atoms with Crippen LogP contribution in [0.15, 0.2) is 41.1 Å². The fourth-order valence-electron chi connectivity index (χ4n) is 3.66. The molecular weight excluding hydrogens is 328 g/mol. The zero-order chi connectivity index (χ0) is 18.6. The Bertz CT molecular complexity index is 706. The number of morpholine rings is 1. The Kier molecular flexibility index (Phi) is 5.74. The zero-order valence-corrected chi connectivity index (χ0v) is 15.9. The third-order valence-electron chi connectivity index (χ3n) is 5.20. The molecule has 2 aliphatic heterocycles. The van der Waals surface area contributed by atoms with Crippen molar-refractivity contribution in [3.05, 3.63) is 41.6 Å². The summed E-state index contributed by atoms with van der Waals surface area (Å²) in [7, 11) is 2.06. The minimum atomic E-state index is -0.0856. The number of carbonyl (C=O) groups is 1. The van der Waals surface area contributed by atoms with Crippen LogP contribution in [0.2, 0.25) is 0 Å². The number of fused-ring (bicyclic) bond motifs is 1. The highest BCUT2D eigenvalue weighted by atomic mass is 16.5. The standard InChI is InChI=1S/C20H28N4O2/c1-20(2)16-6-4-5-7-17(16)23(3)18(20)8-10-21-22-19(25)9-11-24-12-14-26-15-13-24/h4-8,10H,9,11-15H2,1-3H3,(H,22,25)/b18-8-,21-10-. The molecule has 0 aromatic heterocycles. The number of nitrogens with zero attached hydrogens (tertiary/aromatic N) is 3. The van der Waals surface area contributed by atoms with Crippen LogP contribution in [0.3, 0.4) is 0 Å². The lowest BCUT2D eigenvalue weighted by Crippen LogP contribution is -2.38. The first kappa shape index (κ1) is 18.6. The largest absolute Gasteiger partial charge is 0.379 e. The summed E-state index contributed by atoms with van der Waals surface area (Å²) in [6.45, 7) is 8.44. The smallest absolute Gasteiger partial charge is 0.241 e. The van der Waals surface area contributed by atoms with Gasteiger partial charge in [0.25, 0.3) is 0 Å². The highest BCUT2D eigenvalue weighted by Crippen LogP contribution is 2.46. The number of hydrogen-bond donors (Lipinski definition) is 1. The number of hydrogen-bond acceptors (Lipinski definition) is 5. The number of amides is 1. The van der Waals surface area contributed by atoms with E-state index in [9.17, 15) is 4.79 Å². The summed E-state index contributed by atoms with van der Waals surface area (Å²) in [4.78, 5) is 16.4. The van der Waals surface area contributed by atoms with Crippen LogP contribution in [0.25, 0.3) is 0 Å². The molecule has 1 N–H and O–H groups in total. The molecule has 0 radical (unpaired) electrons. The Labute approximate surface area is 155 Å². The van der Waals surface area contributed by atoms with Gasteiger partial charge in [-0.2, -0.15) is 5.10 Å². The maximum absolute atomic E-state index is 11.9. The van der Waals surface area contributed by atoms with E-state index >= 15 is 0 Å². The molecule has 3 rings (SSSR count). The van der Waals surface area contributed by atoms with Crippen molar-refractivity contribution in [3.63, 3.8) is 0 Å². The van der Waals surface area contributed by atoms with Crippen molar-refractivity contribution in [2.75, 3.05) is 44.8 Å². The third-order valence-corrected chi connectivity index (χ3v) is 5.20. The molecule has 6 nitrogen and oxygen atoms in total. The minimum Gasteiger partial charge on any atom is -0.379 e. The van der Waals surface area contributed by atoms with Gasteiger partial charge in [-0.25, -0.2) is 5.43 Å². The van der Waals surface area contributed by atoms with Crippen LogP contribution >= 0.6 is 0 Å². The van der Waals surface area contributed by atoms with E-state index < -0.39 is 0 Å².